The van der Waals surface area contributed by atoms with E-state index in [-0.39, 0.29) is 30.2 Å². The van der Waals surface area contributed by atoms with E-state index in [1.54, 1.807) is 19.1 Å². The Morgan fingerprint density at radius 2 is 2.13 bits per heavy atom. The van der Waals surface area contributed by atoms with Gasteiger partial charge in [0.1, 0.15) is 11.6 Å². The summed E-state index contributed by atoms with van der Waals surface area (Å²) in [6, 6.07) is 5.80. The van der Waals surface area contributed by atoms with Crippen LogP contribution in [0.4, 0.5) is 4.39 Å². The van der Waals surface area contributed by atoms with Crippen LogP contribution in [0.1, 0.15) is 49.6 Å². The number of nitrogens with one attached hydrogen (secondary N) is 1. The van der Waals surface area contributed by atoms with E-state index in [2.05, 4.69) is 15.4 Å². The number of rotatable bonds is 6. The molecule has 2 N–H and O–H groups in total. The average molecular weight is 320 g/mol. The van der Waals surface area contributed by atoms with E-state index in [0.717, 1.165) is 0 Å². The van der Waals surface area contributed by atoms with E-state index in [1.165, 1.54) is 16.8 Å². The van der Waals surface area contributed by atoms with Crippen LogP contribution in [0, 0.1) is 5.82 Å². The molecule has 1 heterocycles. The summed E-state index contributed by atoms with van der Waals surface area (Å²) in [4.78, 5) is 16.5. The first-order valence-corrected chi connectivity index (χ1v) is 7.57. The number of aliphatic hydroxyl groups is 1. The molecule has 124 valence electrons. The molecule has 0 fully saturated rings. The molecule has 1 aromatic carbocycles. The Kier molecular flexibility index (Phi) is 5.44. The zero-order chi connectivity index (χ0) is 17.0. The first-order valence-electron chi connectivity index (χ1n) is 7.57. The Hall–Kier alpha value is -2.28. The van der Waals surface area contributed by atoms with Crippen LogP contribution in [0.25, 0.3) is 5.69 Å². The number of aliphatic hydroxyl groups excluding tert-OH is 1. The highest BCUT2D eigenvalue weighted by atomic mass is 19.1. The number of hydrogen-bond donors (Lipinski definition) is 2. The molecule has 7 heteroatoms. The topological polar surface area (TPSA) is 80.0 Å². The fraction of sp³-hybridized carbons (Fsp3) is 0.438. The van der Waals surface area contributed by atoms with Crippen molar-refractivity contribution >= 4 is 5.91 Å². The van der Waals surface area contributed by atoms with Gasteiger partial charge in [-0.2, -0.15) is 0 Å². The largest absolute Gasteiger partial charge is 0.396 e. The molecule has 0 saturated carbocycles. The monoisotopic (exact) mass is 320 g/mol. The van der Waals surface area contributed by atoms with E-state index in [1.807, 2.05) is 13.8 Å². The lowest BCUT2D eigenvalue weighted by Gasteiger charge is -2.10. The van der Waals surface area contributed by atoms with Gasteiger partial charge < -0.3 is 10.4 Å². The molecule has 0 bridgehead atoms. The zero-order valence-electron chi connectivity index (χ0n) is 13.5. The second-order valence-electron chi connectivity index (χ2n) is 5.73. The predicted octanol–water partition coefficient (Wildman–Crippen LogP) is 2.03. The Balaban J connectivity index is 2.33. The molecule has 0 spiro atoms. The summed E-state index contributed by atoms with van der Waals surface area (Å²) in [6.07, 6.45) is 0.452. The highest BCUT2D eigenvalue weighted by Gasteiger charge is 2.20. The van der Waals surface area contributed by atoms with E-state index in [4.69, 9.17) is 5.11 Å². The molecule has 0 radical (unpaired) electrons. The summed E-state index contributed by atoms with van der Waals surface area (Å²) in [6.45, 7) is 5.64. The predicted molar refractivity (Wildman–Crippen MR) is 84.0 cm³/mol. The molecular formula is C16H21FN4O2. The summed E-state index contributed by atoms with van der Waals surface area (Å²) in [5.74, 6) is -0.168. The van der Waals surface area contributed by atoms with Crippen molar-refractivity contribution in [1.29, 1.82) is 0 Å². The van der Waals surface area contributed by atoms with Gasteiger partial charge in [-0.15, -0.1) is 5.10 Å². The van der Waals surface area contributed by atoms with Gasteiger partial charge in [0.2, 0.25) is 5.82 Å². The number of amides is 1. The Labute approximate surface area is 134 Å². The number of hydrogen-bond acceptors (Lipinski definition) is 4. The van der Waals surface area contributed by atoms with Crippen LogP contribution in [0.5, 0.6) is 0 Å². The molecule has 1 unspecified atom stereocenters. The number of aromatic nitrogens is 3. The van der Waals surface area contributed by atoms with Crippen molar-refractivity contribution in [2.45, 2.75) is 39.2 Å². The van der Waals surface area contributed by atoms with Crippen molar-refractivity contribution in [2.24, 2.45) is 0 Å². The minimum absolute atomic E-state index is 0.0101. The molecular weight excluding hydrogens is 299 g/mol. The molecule has 0 aliphatic rings. The van der Waals surface area contributed by atoms with E-state index in [0.29, 0.717) is 17.9 Å². The lowest BCUT2D eigenvalue weighted by Crippen LogP contribution is -2.34. The SMILES string of the molecule is CC(CCO)NC(=O)c1nc(C(C)C)n(-c2cccc(F)c2)n1. The summed E-state index contributed by atoms with van der Waals surface area (Å²) in [5.41, 5.74) is 0.517. The Morgan fingerprint density at radius 1 is 1.39 bits per heavy atom. The molecule has 1 aromatic heterocycles. The third kappa shape index (κ3) is 4.13. The summed E-state index contributed by atoms with van der Waals surface area (Å²) < 4.78 is 14.9. The van der Waals surface area contributed by atoms with E-state index < -0.39 is 5.91 Å². The van der Waals surface area contributed by atoms with Crippen LogP contribution in [0.15, 0.2) is 24.3 Å². The Morgan fingerprint density at radius 3 is 2.74 bits per heavy atom. The highest BCUT2D eigenvalue weighted by Crippen LogP contribution is 2.18. The number of benzene rings is 1. The Bertz CT molecular complexity index is 684. The van der Waals surface area contributed by atoms with Gasteiger partial charge >= 0.3 is 0 Å². The van der Waals surface area contributed by atoms with Crippen molar-refractivity contribution < 1.29 is 14.3 Å². The number of nitrogens with zero attached hydrogens (tertiary/aromatic N) is 3. The number of halogens is 1. The maximum Gasteiger partial charge on any atom is 0.291 e. The third-order valence-electron chi connectivity index (χ3n) is 3.34. The second kappa shape index (κ2) is 7.32. The normalized spacial score (nSPS) is 12.4. The van der Waals surface area contributed by atoms with Crippen molar-refractivity contribution in [3.8, 4) is 5.69 Å². The molecule has 1 atom stereocenters. The van der Waals surface area contributed by atoms with Crippen LogP contribution in [-0.2, 0) is 0 Å². The van der Waals surface area contributed by atoms with E-state index >= 15 is 0 Å². The fourth-order valence-electron chi connectivity index (χ4n) is 2.15. The smallest absolute Gasteiger partial charge is 0.291 e. The summed E-state index contributed by atoms with van der Waals surface area (Å²) >= 11 is 0. The van der Waals surface area contributed by atoms with Crippen molar-refractivity contribution in [2.75, 3.05) is 6.61 Å². The van der Waals surface area contributed by atoms with Crippen LogP contribution < -0.4 is 5.32 Å². The maximum atomic E-state index is 13.4. The van der Waals surface area contributed by atoms with E-state index in [9.17, 15) is 9.18 Å². The van der Waals surface area contributed by atoms with Crippen molar-refractivity contribution in [1.82, 2.24) is 20.1 Å². The molecule has 0 aliphatic carbocycles. The summed E-state index contributed by atoms with van der Waals surface area (Å²) in [7, 11) is 0. The van der Waals surface area contributed by atoms with Crippen molar-refractivity contribution in [3.05, 3.63) is 41.7 Å². The van der Waals surface area contributed by atoms with Gasteiger partial charge in [-0.1, -0.05) is 19.9 Å². The van der Waals surface area contributed by atoms with Gasteiger partial charge in [-0.05, 0) is 31.5 Å². The lowest BCUT2D eigenvalue weighted by molar-refractivity contribution is 0.0924. The minimum atomic E-state index is -0.414. The lowest BCUT2D eigenvalue weighted by atomic mass is 10.2. The quantitative estimate of drug-likeness (QED) is 0.853. The number of carbonyl (C=O) groups is 1. The molecule has 23 heavy (non-hydrogen) atoms. The van der Waals surface area contributed by atoms with Crippen LogP contribution in [-0.4, -0.2) is 38.4 Å². The van der Waals surface area contributed by atoms with Gasteiger partial charge in [0.25, 0.3) is 5.91 Å². The first kappa shape index (κ1) is 17.1. The third-order valence-corrected chi connectivity index (χ3v) is 3.34. The molecule has 0 saturated heterocycles. The second-order valence-corrected chi connectivity index (χ2v) is 5.73. The van der Waals surface area contributed by atoms with Gasteiger partial charge in [-0.3, -0.25) is 4.79 Å². The van der Waals surface area contributed by atoms with Gasteiger partial charge in [0, 0.05) is 18.6 Å². The zero-order valence-corrected chi connectivity index (χ0v) is 13.5. The first-order chi connectivity index (χ1) is 10.9. The van der Waals surface area contributed by atoms with Crippen LogP contribution in [0.3, 0.4) is 0 Å². The van der Waals surface area contributed by atoms with Crippen LogP contribution in [0.2, 0.25) is 0 Å². The summed E-state index contributed by atoms with van der Waals surface area (Å²) in [5, 5.41) is 15.8. The van der Waals surface area contributed by atoms with Crippen LogP contribution >= 0.6 is 0 Å². The van der Waals surface area contributed by atoms with Gasteiger partial charge in [0.05, 0.1) is 5.69 Å². The molecule has 0 aliphatic heterocycles. The molecule has 2 aromatic rings. The molecule has 2 rings (SSSR count). The number of carbonyl (C=O) groups excluding carboxylic acids is 1. The van der Waals surface area contributed by atoms with Gasteiger partial charge in [0.15, 0.2) is 0 Å². The minimum Gasteiger partial charge on any atom is -0.396 e. The highest BCUT2D eigenvalue weighted by molar-refractivity contribution is 5.90. The maximum absolute atomic E-state index is 13.4. The fourth-order valence-corrected chi connectivity index (χ4v) is 2.15. The molecule has 1 amide bonds. The molecule has 6 nitrogen and oxygen atoms in total. The van der Waals surface area contributed by atoms with Crippen molar-refractivity contribution in [3.63, 3.8) is 0 Å². The standard InChI is InChI=1S/C16H21FN4O2/c1-10(2)15-19-14(16(23)18-11(3)7-8-22)20-21(15)13-6-4-5-12(17)9-13/h4-6,9-11,22H,7-8H2,1-3H3,(H,18,23). The average Bonchev–Trinajstić information content (AvgIpc) is 2.93. The van der Waals surface area contributed by atoms with Gasteiger partial charge in [-0.25, -0.2) is 14.1 Å².